The van der Waals surface area contributed by atoms with E-state index in [2.05, 4.69) is 15.6 Å². The maximum atomic E-state index is 11.9. The van der Waals surface area contributed by atoms with Crippen LogP contribution in [0, 0.1) is 5.92 Å². The molecule has 118 valence electrons. The molecule has 20 heavy (non-hydrogen) atoms. The molecule has 1 unspecified atom stereocenters. The van der Waals surface area contributed by atoms with E-state index in [9.17, 15) is 4.79 Å². The fourth-order valence-electron chi connectivity index (χ4n) is 2.01. The summed E-state index contributed by atoms with van der Waals surface area (Å²) in [5, 5.41) is 6.20. The van der Waals surface area contributed by atoms with Gasteiger partial charge in [-0.25, -0.2) is 4.79 Å². The predicted molar refractivity (Wildman–Crippen MR) is 91.8 cm³/mol. The Labute approximate surface area is 138 Å². The Hall–Kier alpha value is -0.730. The van der Waals surface area contributed by atoms with E-state index in [0.29, 0.717) is 5.92 Å². The number of hydrogen-bond donors (Lipinski definition) is 2. The summed E-state index contributed by atoms with van der Waals surface area (Å²) < 4.78 is 5.37. The molecule has 1 fully saturated rings. The number of nitrogens with zero attached hydrogens (tertiary/aromatic N) is 2. The summed E-state index contributed by atoms with van der Waals surface area (Å²) in [4.78, 5) is 17.7. The van der Waals surface area contributed by atoms with Gasteiger partial charge >= 0.3 is 6.09 Å². The smallest absolute Gasteiger partial charge is 0.410 e. The van der Waals surface area contributed by atoms with Crippen LogP contribution in [0.4, 0.5) is 4.79 Å². The van der Waals surface area contributed by atoms with Crippen LogP contribution in [0.3, 0.4) is 0 Å². The molecule has 0 aromatic heterocycles. The zero-order valence-corrected chi connectivity index (χ0v) is 15.4. The lowest BCUT2D eigenvalue weighted by Gasteiger charge is -2.24. The molecule has 1 saturated heterocycles. The Kier molecular flexibility index (Phi) is 8.22. The molecule has 0 aromatic rings. The summed E-state index contributed by atoms with van der Waals surface area (Å²) in [7, 11) is 3.57. The lowest BCUT2D eigenvalue weighted by Crippen LogP contribution is -2.39. The van der Waals surface area contributed by atoms with Crippen LogP contribution >= 0.6 is 24.0 Å². The summed E-state index contributed by atoms with van der Waals surface area (Å²) in [5.41, 5.74) is -0.429. The molecule has 1 amide bonds. The number of aliphatic imine (C=N–C) groups is 1. The van der Waals surface area contributed by atoms with Gasteiger partial charge in [-0.05, 0) is 33.1 Å². The normalized spacial score (nSPS) is 19.4. The van der Waals surface area contributed by atoms with E-state index in [4.69, 9.17) is 4.74 Å². The molecule has 2 N–H and O–H groups in total. The van der Waals surface area contributed by atoms with E-state index in [-0.39, 0.29) is 30.1 Å². The van der Waals surface area contributed by atoms with Crippen molar-refractivity contribution in [1.29, 1.82) is 0 Å². The van der Waals surface area contributed by atoms with Gasteiger partial charge in [0, 0.05) is 33.7 Å². The van der Waals surface area contributed by atoms with Gasteiger partial charge < -0.3 is 20.3 Å². The van der Waals surface area contributed by atoms with Crippen molar-refractivity contribution in [3.63, 3.8) is 0 Å². The monoisotopic (exact) mass is 398 g/mol. The van der Waals surface area contributed by atoms with Crippen LogP contribution in [0.1, 0.15) is 27.2 Å². The van der Waals surface area contributed by atoms with Gasteiger partial charge in [-0.3, -0.25) is 4.99 Å². The second-order valence-corrected chi connectivity index (χ2v) is 5.78. The van der Waals surface area contributed by atoms with Gasteiger partial charge in [0.15, 0.2) is 5.96 Å². The number of hydrogen-bond acceptors (Lipinski definition) is 3. The Balaban J connectivity index is 0.00000361. The zero-order valence-electron chi connectivity index (χ0n) is 13.0. The average Bonchev–Trinajstić information content (AvgIpc) is 2.77. The van der Waals surface area contributed by atoms with Crippen molar-refractivity contribution in [3.8, 4) is 0 Å². The summed E-state index contributed by atoms with van der Waals surface area (Å²) in [6.07, 6.45) is 0.778. The summed E-state index contributed by atoms with van der Waals surface area (Å²) in [6, 6.07) is 0. The highest BCUT2D eigenvalue weighted by Crippen LogP contribution is 2.18. The second kappa shape index (κ2) is 8.53. The molecule has 1 atom stereocenters. The molecule has 1 aliphatic heterocycles. The van der Waals surface area contributed by atoms with E-state index in [1.165, 1.54) is 0 Å². The third-order valence-corrected chi connectivity index (χ3v) is 2.96. The highest BCUT2D eigenvalue weighted by atomic mass is 127. The minimum Gasteiger partial charge on any atom is -0.444 e. The zero-order chi connectivity index (χ0) is 14.5. The van der Waals surface area contributed by atoms with E-state index < -0.39 is 5.60 Å². The molecule has 1 heterocycles. The number of nitrogens with one attached hydrogen (secondary N) is 2. The van der Waals surface area contributed by atoms with Gasteiger partial charge in [0.1, 0.15) is 5.60 Å². The number of rotatable bonds is 2. The van der Waals surface area contributed by atoms with Gasteiger partial charge in [-0.2, -0.15) is 0 Å². The fraction of sp³-hybridized carbons (Fsp3) is 0.846. The van der Waals surface area contributed by atoms with Crippen LogP contribution in [0.5, 0.6) is 0 Å². The first-order chi connectivity index (χ1) is 8.85. The third-order valence-electron chi connectivity index (χ3n) is 2.96. The molecule has 0 bridgehead atoms. The first kappa shape index (κ1) is 19.3. The Morgan fingerprint density at radius 3 is 2.60 bits per heavy atom. The summed E-state index contributed by atoms with van der Waals surface area (Å²) in [5.74, 6) is 1.22. The lowest BCUT2D eigenvalue weighted by atomic mass is 10.1. The van der Waals surface area contributed by atoms with Crippen molar-refractivity contribution in [2.75, 3.05) is 33.7 Å². The summed E-state index contributed by atoms with van der Waals surface area (Å²) in [6.45, 7) is 7.97. The lowest BCUT2D eigenvalue weighted by molar-refractivity contribution is 0.0288. The third kappa shape index (κ3) is 6.62. The summed E-state index contributed by atoms with van der Waals surface area (Å²) >= 11 is 0. The van der Waals surface area contributed by atoms with Crippen molar-refractivity contribution < 1.29 is 9.53 Å². The first-order valence-corrected chi connectivity index (χ1v) is 6.72. The van der Waals surface area contributed by atoms with Crippen molar-refractivity contribution in [3.05, 3.63) is 0 Å². The van der Waals surface area contributed by atoms with Crippen molar-refractivity contribution in [2.45, 2.75) is 32.8 Å². The van der Waals surface area contributed by atoms with Gasteiger partial charge in [-0.15, -0.1) is 24.0 Å². The SMILES string of the molecule is CN=C(NC)NCC1CCN(C(=O)OC(C)(C)C)C1.I. The second-order valence-electron chi connectivity index (χ2n) is 5.78. The van der Waals surface area contributed by atoms with Gasteiger partial charge in [0.2, 0.25) is 0 Å². The van der Waals surface area contributed by atoms with E-state index >= 15 is 0 Å². The van der Waals surface area contributed by atoms with Crippen molar-refractivity contribution >= 4 is 36.0 Å². The van der Waals surface area contributed by atoms with Gasteiger partial charge in [0.05, 0.1) is 0 Å². The molecule has 0 radical (unpaired) electrons. The van der Waals surface area contributed by atoms with Crippen LogP contribution in [-0.2, 0) is 4.74 Å². The van der Waals surface area contributed by atoms with Crippen LogP contribution in [-0.4, -0.2) is 56.3 Å². The Bertz CT molecular complexity index is 342. The molecule has 1 aliphatic rings. The number of carbonyl (C=O) groups is 1. The average molecular weight is 398 g/mol. The number of halogens is 1. The van der Waals surface area contributed by atoms with Crippen molar-refractivity contribution in [1.82, 2.24) is 15.5 Å². The molecule has 0 saturated carbocycles. The molecule has 1 rings (SSSR count). The minimum atomic E-state index is -0.429. The molecule has 0 spiro atoms. The number of amides is 1. The van der Waals surface area contributed by atoms with Gasteiger partial charge in [-0.1, -0.05) is 0 Å². The predicted octanol–water partition coefficient (Wildman–Crippen LogP) is 1.66. The minimum absolute atomic E-state index is 0. The van der Waals surface area contributed by atoms with Crippen LogP contribution in [0.2, 0.25) is 0 Å². The molecule has 0 aliphatic carbocycles. The molecule has 0 aromatic carbocycles. The highest BCUT2D eigenvalue weighted by Gasteiger charge is 2.29. The topological polar surface area (TPSA) is 66.0 Å². The van der Waals surface area contributed by atoms with E-state index in [0.717, 1.165) is 32.0 Å². The molecule has 7 heteroatoms. The molecular formula is C13H27IN4O2. The fourth-order valence-corrected chi connectivity index (χ4v) is 2.01. The first-order valence-electron chi connectivity index (χ1n) is 6.72. The van der Waals surface area contributed by atoms with Crippen LogP contribution in [0.25, 0.3) is 0 Å². The van der Waals surface area contributed by atoms with E-state index in [1.54, 1.807) is 11.9 Å². The highest BCUT2D eigenvalue weighted by molar-refractivity contribution is 14.0. The number of likely N-dealkylation sites (tertiary alicyclic amines) is 1. The van der Waals surface area contributed by atoms with E-state index in [1.807, 2.05) is 27.8 Å². The Morgan fingerprint density at radius 1 is 1.45 bits per heavy atom. The standard InChI is InChI=1S/C13H26N4O2.HI/c1-13(2,3)19-12(18)17-7-6-10(9-17)8-16-11(14-4)15-5;/h10H,6-9H2,1-5H3,(H2,14,15,16);1H. The van der Waals surface area contributed by atoms with Crippen molar-refractivity contribution in [2.24, 2.45) is 10.9 Å². The largest absolute Gasteiger partial charge is 0.444 e. The molecular weight excluding hydrogens is 371 g/mol. The maximum Gasteiger partial charge on any atom is 0.410 e. The number of carbonyl (C=O) groups excluding carboxylic acids is 1. The van der Waals surface area contributed by atoms with Crippen LogP contribution in [0.15, 0.2) is 4.99 Å². The molecule has 6 nitrogen and oxygen atoms in total. The van der Waals surface area contributed by atoms with Gasteiger partial charge in [0.25, 0.3) is 0 Å². The number of guanidine groups is 1. The maximum absolute atomic E-state index is 11.9. The Morgan fingerprint density at radius 2 is 2.10 bits per heavy atom. The number of ether oxygens (including phenoxy) is 1. The quantitative estimate of drug-likeness (QED) is 0.422. The van der Waals surface area contributed by atoms with Crippen LogP contribution < -0.4 is 10.6 Å².